The molecule has 0 spiro atoms. The number of hydrogen-bond acceptors (Lipinski definition) is 2. The van der Waals surface area contributed by atoms with Crippen LogP contribution in [0.25, 0.3) is 10.9 Å². The van der Waals surface area contributed by atoms with Gasteiger partial charge in [-0.1, -0.05) is 109 Å². The molecule has 0 saturated heterocycles. The Bertz CT molecular complexity index is 1820. The molecule has 0 aliphatic rings. The second-order valence-corrected chi connectivity index (χ2v) is 16.2. The first kappa shape index (κ1) is 32.0. The van der Waals surface area contributed by atoms with Crippen molar-refractivity contribution >= 4 is 63.2 Å². The molecule has 6 rings (SSSR count). The fourth-order valence-corrected chi connectivity index (χ4v) is 11.2. The number of rotatable bonds is 12. The molecule has 46 heavy (non-hydrogen) atoms. The normalized spacial score (nSPS) is 12.2. The van der Waals surface area contributed by atoms with E-state index in [9.17, 15) is 4.79 Å². The smallest absolute Gasteiger partial charge is 0.272 e. The average Bonchev–Trinajstić information content (AvgIpc) is 3.46. The van der Waals surface area contributed by atoms with E-state index in [0.29, 0.717) is 34.7 Å². The van der Waals surface area contributed by atoms with Crippen molar-refractivity contribution in [3.05, 3.63) is 155 Å². The molecule has 1 unspecified atom stereocenters. The zero-order valence-corrected chi connectivity index (χ0v) is 28.2. The van der Waals surface area contributed by atoms with E-state index in [-0.39, 0.29) is 5.91 Å². The summed E-state index contributed by atoms with van der Waals surface area (Å²) in [5, 5.41) is 14.1. The molecule has 0 bridgehead atoms. The highest BCUT2D eigenvalue weighted by molar-refractivity contribution is 7.95. The molecule has 0 fully saturated rings. The molecule has 1 heterocycles. The lowest BCUT2D eigenvalue weighted by Gasteiger charge is -2.28. The molecule has 232 valence electrons. The second-order valence-electron chi connectivity index (χ2n) is 11.7. The zero-order valence-electron chi connectivity index (χ0n) is 25.8. The van der Waals surface area contributed by atoms with E-state index < -0.39 is 7.26 Å². The molecule has 1 atom stereocenters. The quantitative estimate of drug-likeness (QED) is 0.133. The number of amides is 1. The molecule has 0 saturated carbocycles. The van der Waals surface area contributed by atoms with Crippen LogP contribution < -0.4 is 21.2 Å². The van der Waals surface area contributed by atoms with Gasteiger partial charge in [0.25, 0.3) is 5.91 Å². The number of nitrogens with zero attached hydrogens (tertiary/aromatic N) is 2. The Hall–Kier alpha value is -3.95. The molecule has 1 amide bonds. The lowest BCUT2D eigenvalue weighted by Crippen LogP contribution is -2.34. The number of carbonyl (C=O) groups is 1. The van der Waals surface area contributed by atoms with Crippen molar-refractivity contribution in [2.75, 3.05) is 12.7 Å². The maximum atomic E-state index is 13.5. The van der Waals surface area contributed by atoms with E-state index in [1.165, 1.54) is 15.9 Å². The Balaban J connectivity index is 1.16. The Morgan fingerprint density at radius 2 is 1.33 bits per heavy atom. The number of nitrogens with one attached hydrogen (secondary N) is 1. The molecule has 0 aliphatic carbocycles. The first-order chi connectivity index (χ1) is 22.5. The summed E-state index contributed by atoms with van der Waals surface area (Å²) in [6.45, 7) is 3.31. The average molecular weight is 666 g/mol. The first-order valence-electron chi connectivity index (χ1n) is 15.7. The van der Waals surface area contributed by atoms with Crippen LogP contribution in [0.4, 0.5) is 0 Å². The van der Waals surface area contributed by atoms with Crippen LogP contribution >= 0.6 is 30.5 Å². The van der Waals surface area contributed by atoms with Crippen LogP contribution in [0, 0.1) is 5.92 Å². The van der Waals surface area contributed by atoms with Crippen LogP contribution in [0.3, 0.4) is 0 Å². The van der Waals surface area contributed by atoms with Crippen LogP contribution in [0.1, 0.15) is 35.8 Å². The van der Waals surface area contributed by atoms with Gasteiger partial charge in [-0.2, -0.15) is 5.10 Å². The van der Waals surface area contributed by atoms with E-state index >= 15 is 0 Å². The van der Waals surface area contributed by atoms with Gasteiger partial charge in [-0.05, 0) is 78.9 Å². The van der Waals surface area contributed by atoms with E-state index in [1.807, 2.05) is 41.1 Å². The van der Waals surface area contributed by atoms with Crippen LogP contribution in [-0.2, 0) is 6.54 Å². The van der Waals surface area contributed by atoms with E-state index in [4.69, 9.17) is 28.3 Å². The van der Waals surface area contributed by atoms with Gasteiger partial charge >= 0.3 is 0 Å². The van der Waals surface area contributed by atoms with Gasteiger partial charge in [-0.25, -0.2) is 0 Å². The lowest BCUT2D eigenvalue weighted by molar-refractivity contribution is 0.0947. The van der Waals surface area contributed by atoms with Crippen LogP contribution in [-0.4, -0.2) is 28.4 Å². The van der Waals surface area contributed by atoms with Crippen molar-refractivity contribution in [1.82, 2.24) is 15.1 Å². The molecule has 6 aromatic rings. The van der Waals surface area contributed by atoms with Crippen molar-refractivity contribution < 1.29 is 4.79 Å². The molecule has 1 N–H and O–H groups in total. The van der Waals surface area contributed by atoms with Crippen molar-refractivity contribution in [3.63, 3.8) is 0 Å². The summed E-state index contributed by atoms with van der Waals surface area (Å²) < 4.78 is 1.84. The third-order valence-corrected chi connectivity index (χ3v) is 13.7. The number of benzene rings is 5. The highest BCUT2D eigenvalue weighted by Crippen LogP contribution is 2.56. The molecule has 0 aliphatic heterocycles. The molecule has 4 nitrogen and oxygen atoms in total. The van der Waals surface area contributed by atoms with Crippen LogP contribution in [0.5, 0.6) is 0 Å². The summed E-state index contributed by atoms with van der Waals surface area (Å²) in [6, 6.07) is 46.2. The topological polar surface area (TPSA) is 46.9 Å². The van der Waals surface area contributed by atoms with E-state index in [0.717, 1.165) is 35.5 Å². The van der Waals surface area contributed by atoms with Crippen LogP contribution in [0.2, 0.25) is 10.0 Å². The minimum atomic E-state index is -1.88. The number of para-hydroxylation sites is 1. The molecular weight excluding hydrogens is 628 g/mol. The van der Waals surface area contributed by atoms with Crippen molar-refractivity contribution in [1.29, 1.82) is 0 Å². The van der Waals surface area contributed by atoms with E-state index in [1.54, 1.807) is 6.07 Å². The minimum absolute atomic E-state index is 0.163. The second kappa shape index (κ2) is 14.6. The number of aromatic nitrogens is 2. The molecule has 1 aromatic heterocycles. The van der Waals surface area contributed by atoms with Gasteiger partial charge in [0.1, 0.15) is 23.2 Å². The predicted octanol–water partition coefficient (Wildman–Crippen LogP) is 8.53. The highest BCUT2D eigenvalue weighted by atomic mass is 35.5. The van der Waals surface area contributed by atoms with Crippen molar-refractivity contribution in [3.8, 4) is 0 Å². The third-order valence-electron chi connectivity index (χ3n) is 8.68. The summed E-state index contributed by atoms with van der Waals surface area (Å²) in [6.07, 6.45) is 2.98. The van der Waals surface area contributed by atoms with Gasteiger partial charge < -0.3 is 5.32 Å². The first-order valence-corrected chi connectivity index (χ1v) is 18.4. The van der Waals surface area contributed by atoms with Gasteiger partial charge in [0.2, 0.25) is 0 Å². The minimum Gasteiger partial charge on any atom is -0.351 e. The Labute approximate surface area is 281 Å². The SMILES string of the molecule is CC(CCNC(=O)c1nn(Cc2ccc(Cl)cc2Cl)c2ccccc12)CC[P+](c1ccccc1)(c1ccccc1)c1ccccc1. The van der Waals surface area contributed by atoms with Gasteiger partial charge in [-0.3, -0.25) is 9.48 Å². The Morgan fingerprint density at radius 3 is 1.91 bits per heavy atom. The van der Waals surface area contributed by atoms with E-state index in [2.05, 4.69) is 103 Å². The van der Waals surface area contributed by atoms with Gasteiger partial charge in [-0.15, -0.1) is 0 Å². The largest absolute Gasteiger partial charge is 0.351 e. The molecule has 7 heteroatoms. The maximum absolute atomic E-state index is 13.5. The van der Waals surface area contributed by atoms with Crippen molar-refractivity contribution in [2.45, 2.75) is 26.3 Å². The number of halogens is 2. The number of hydrogen-bond donors (Lipinski definition) is 1. The fraction of sp³-hybridized carbons (Fsp3) is 0.179. The summed E-state index contributed by atoms with van der Waals surface area (Å²) in [4.78, 5) is 13.5. The Morgan fingerprint density at radius 1 is 0.761 bits per heavy atom. The standard InChI is InChI=1S/C39H36Cl2N3OP/c1-29(24-26-46(32-13-5-2-6-14-32,33-15-7-3-8-16-33)34-17-9-4-10-18-34)23-25-42-39(45)38-35-19-11-12-20-37(35)44(43-38)28-30-21-22-31(40)27-36(30)41/h2-22,27,29H,23-26,28H2,1H3/p+1. The van der Waals surface area contributed by atoms with Gasteiger partial charge in [0.15, 0.2) is 5.69 Å². The highest BCUT2D eigenvalue weighted by Gasteiger charge is 2.44. The predicted molar refractivity (Wildman–Crippen MR) is 196 cm³/mol. The maximum Gasteiger partial charge on any atom is 0.272 e. The van der Waals surface area contributed by atoms with Gasteiger partial charge in [0, 0.05) is 22.0 Å². The van der Waals surface area contributed by atoms with Gasteiger partial charge in [0.05, 0.1) is 18.2 Å². The fourth-order valence-electron chi connectivity index (χ4n) is 6.18. The lowest BCUT2D eigenvalue weighted by atomic mass is 10.1. The number of carbonyl (C=O) groups excluding carboxylic acids is 1. The third kappa shape index (κ3) is 6.90. The monoisotopic (exact) mass is 664 g/mol. The number of fused-ring (bicyclic) bond motifs is 1. The molecular formula is C39H37Cl2N3OP+. The summed E-state index contributed by atoms with van der Waals surface area (Å²) in [5.41, 5.74) is 2.20. The van der Waals surface area contributed by atoms with Crippen LogP contribution in [0.15, 0.2) is 133 Å². The Kier molecular flexibility index (Phi) is 10.2. The summed E-state index contributed by atoms with van der Waals surface area (Å²) in [7, 11) is -1.88. The molecule has 5 aromatic carbocycles. The zero-order chi connectivity index (χ0) is 31.9. The summed E-state index contributed by atoms with van der Waals surface area (Å²) in [5.74, 6) is 0.251. The molecule has 0 radical (unpaired) electrons. The summed E-state index contributed by atoms with van der Waals surface area (Å²) >= 11 is 12.6. The van der Waals surface area contributed by atoms with Crippen molar-refractivity contribution in [2.24, 2.45) is 5.92 Å².